The molecule has 1 aromatic carbocycles. The SMILES string of the molecule is CCOC(Cc1cccc(OC)c1)C(=O)O. The summed E-state index contributed by atoms with van der Waals surface area (Å²) in [6, 6.07) is 7.32. The quantitative estimate of drug-likeness (QED) is 0.799. The Labute approximate surface area is 94.8 Å². The average Bonchev–Trinajstić information content (AvgIpc) is 2.28. The first-order chi connectivity index (χ1) is 7.67. The van der Waals surface area contributed by atoms with Crippen LogP contribution in [0, 0.1) is 0 Å². The van der Waals surface area contributed by atoms with Crippen molar-refractivity contribution in [2.75, 3.05) is 13.7 Å². The van der Waals surface area contributed by atoms with Crippen LogP contribution in [0.4, 0.5) is 0 Å². The molecule has 1 atom stereocenters. The molecule has 4 nitrogen and oxygen atoms in total. The van der Waals surface area contributed by atoms with Crippen LogP contribution in [0.15, 0.2) is 24.3 Å². The van der Waals surface area contributed by atoms with Gasteiger partial charge in [0.05, 0.1) is 7.11 Å². The first-order valence-electron chi connectivity index (χ1n) is 5.14. The first-order valence-corrected chi connectivity index (χ1v) is 5.14. The maximum atomic E-state index is 10.9. The van der Waals surface area contributed by atoms with E-state index >= 15 is 0 Å². The van der Waals surface area contributed by atoms with Crippen molar-refractivity contribution in [3.05, 3.63) is 29.8 Å². The summed E-state index contributed by atoms with van der Waals surface area (Å²) in [6.45, 7) is 2.17. The first kappa shape index (κ1) is 12.5. The minimum Gasteiger partial charge on any atom is -0.497 e. The number of carboxylic acids is 1. The molecule has 0 aliphatic carbocycles. The number of aliphatic carboxylic acids is 1. The molecule has 4 heteroatoms. The molecule has 0 fully saturated rings. The molecule has 0 saturated carbocycles. The summed E-state index contributed by atoms with van der Waals surface area (Å²) in [5.74, 6) is -0.220. The van der Waals surface area contributed by atoms with Crippen molar-refractivity contribution in [1.82, 2.24) is 0 Å². The second kappa shape index (κ2) is 6.12. The Morgan fingerprint density at radius 3 is 2.81 bits per heavy atom. The number of methoxy groups -OCH3 is 1. The third kappa shape index (κ3) is 3.55. The summed E-state index contributed by atoms with van der Waals surface area (Å²) < 4.78 is 10.2. The highest BCUT2D eigenvalue weighted by Gasteiger charge is 2.17. The van der Waals surface area contributed by atoms with Crippen LogP contribution in [0.1, 0.15) is 12.5 Å². The summed E-state index contributed by atoms with van der Waals surface area (Å²) >= 11 is 0. The van der Waals surface area contributed by atoms with E-state index in [4.69, 9.17) is 14.6 Å². The van der Waals surface area contributed by atoms with Gasteiger partial charge in [0.2, 0.25) is 0 Å². The molecule has 0 spiro atoms. The monoisotopic (exact) mass is 224 g/mol. The number of carbonyl (C=O) groups is 1. The van der Waals surface area contributed by atoms with Crippen molar-refractivity contribution in [3.63, 3.8) is 0 Å². The molecule has 0 radical (unpaired) electrons. The zero-order chi connectivity index (χ0) is 12.0. The highest BCUT2D eigenvalue weighted by atomic mass is 16.5. The maximum Gasteiger partial charge on any atom is 0.333 e. The Hall–Kier alpha value is -1.55. The lowest BCUT2D eigenvalue weighted by Crippen LogP contribution is -2.26. The van der Waals surface area contributed by atoms with Crippen molar-refractivity contribution in [1.29, 1.82) is 0 Å². The Kier molecular flexibility index (Phi) is 4.79. The average molecular weight is 224 g/mol. The predicted octanol–water partition coefficient (Wildman–Crippen LogP) is 1.73. The lowest BCUT2D eigenvalue weighted by Gasteiger charge is -2.12. The molecule has 0 aromatic heterocycles. The van der Waals surface area contributed by atoms with Crippen LogP contribution >= 0.6 is 0 Å². The molecular formula is C12H16O4. The van der Waals surface area contributed by atoms with Gasteiger partial charge in [-0.25, -0.2) is 4.79 Å². The van der Waals surface area contributed by atoms with Gasteiger partial charge in [0.1, 0.15) is 5.75 Å². The van der Waals surface area contributed by atoms with Gasteiger partial charge in [-0.05, 0) is 24.6 Å². The van der Waals surface area contributed by atoms with Gasteiger partial charge in [-0.1, -0.05) is 12.1 Å². The fraction of sp³-hybridized carbons (Fsp3) is 0.417. The van der Waals surface area contributed by atoms with Crippen molar-refractivity contribution in [2.45, 2.75) is 19.4 Å². The highest BCUT2D eigenvalue weighted by Crippen LogP contribution is 2.15. The zero-order valence-corrected chi connectivity index (χ0v) is 9.47. The number of benzene rings is 1. The van der Waals surface area contributed by atoms with E-state index in [0.717, 1.165) is 11.3 Å². The van der Waals surface area contributed by atoms with Crippen LogP contribution in [0.5, 0.6) is 5.75 Å². The number of hydrogen-bond donors (Lipinski definition) is 1. The highest BCUT2D eigenvalue weighted by molar-refractivity contribution is 5.72. The summed E-state index contributed by atoms with van der Waals surface area (Å²) in [5.41, 5.74) is 0.889. The third-order valence-corrected chi connectivity index (χ3v) is 2.20. The van der Waals surface area contributed by atoms with Crippen LogP contribution in [0.2, 0.25) is 0 Å². The smallest absolute Gasteiger partial charge is 0.333 e. The second-order valence-corrected chi connectivity index (χ2v) is 3.34. The topological polar surface area (TPSA) is 55.8 Å². The van der Waals surface area contributed by atoms with E-state index in [0.29, 0.717) is 13.0 Å². The van der Waals surface area contributed by atoms with Gasteiger partial charge in [-0.2, -0.15) is 0 Å². The molecule has 0 aliphatic rings. The fourth-order valence-corrected chi connectivity index (χ4v) is 1.43. The van der Waals surface area contributed by atoms with E-state index in [9.17, 15) is 4.79 Å². The van der Waals surface area contributed by atoms with Gasteiger partial charge in [-0.3, -0.25) is 0 Å². The zero-order valence-electron chi connectivity index (χ0n) is 9.47. The van der Waals surface area contributed by atoms with E-state index in [1.54, 1.807) is 14.0 Å². The normalized spacial score (nSPS) is 12.1. The molecule has 0 heterocycles. The van der Waals surface area contributed by atoms with Crippen LogP contribution in [0.25, 0.3) is 0 Å². The molecular weight excluding hydrogens is 208 g/mol. The van der Waals surface area contributed by atoms with Gasteiger partial charge in [0.15, 0.2) is 6.10 Å². The number of rotatable bonds is 6. The van der Waals surface area contributed by atoms with E-state index in [2.05, 4.69) is 0 Å². The summed E-state index contributed by atoms with van der Waals surface area (Å²) in [5, 5.41) is 8.94. The van der Waals surface area contributed by atoms with E-state index < -0.39 is 12.1 Å². The van der Waals surface area contributed by atoms with Crippen molar-refractivity contribution in [3.8, 4) is 5.75 Å². The molecule has 88 valence electrons. The standard InChI is InChI=1S/C12H16O4/c1-3-16-11(12(13)14)8-9-5-4-6-10(7-9)15-2/h4-7,11H,3,8H2,1-2H3,(H,13,14). The lowest BCUT2D eigenvalue weighted by molar-refractivity contribution is -0.149. The lowest BCUT2D eigenvalue weighted by atomic mass is 10.1. The number of carboxylic acid groups (broad SMARTS) is 1. The molecule has 0 aliphatic heterocycles. The predicted molar refractivity (Wildman–Crippen MR) is 59.7 cm³/mol. The maximum absolute atomic E-state index is 10.9. The van der Waals surface area contributed by atoms with Crippen molar-refractivity contribution in [2.24, 2.45) is 0 Å². The molecule has 1 unspecified atom stereocenters. The summed E-state index contributed by atoms with van der Waals surface area (Å²) in [4.78, 5) is 10.9. The van der Waals surface area contributed by atoms with Gasteiger partial charge in [0.25, 0.3) is 0 Å². The van der Waals surface area contributed by atoms with Gasteiger partial charge >= 0.3 is 5.97 Å². The Morgan fingerprint density at radius 1 is 1.50 bits per heavy atom. The van der Waals surface area contributed by atoms with Crippen LogP contribution in [-0.4, -0.2) is 30.9 Å². The van der Waals surface area contributed by atoms with Gasteiger partial charge < -0.3 is 14.6 Å². The fourth-order valence-electron chi connectivity index (χ4n) is 1.43. The van der Waals surface area contributed by atoms with E-state index in [1.165, 1.54) is 0 Å². The minimum atomic E-state index is -0.940. The number of ether oxygens (including phenoxy) is 2. The van der Waals surface area contributed by atoms with Crippen LogP contribution in [-0.2, 0) is 16.0 Å². The van der Waals surface area contributed by atoms with E-state index in [-0.39, 0.29) is 0 Å². The van der Waals surface area contributed by atoms with Crippen LogP contribution < -0.4 is 4.74 Å². The minimum absolute atomic E-state index is 0.348. The molecule has 1 N–H and O–H groups in total. The molecule has 0 saturated heterocycles. The summed E-state index contributed by atoms with van der Waals surface area (Å²) in [6.07, 6.45) is -0.447. The van der Waals surface area contributed by atoms with Crippen molar-refractivity contribution >= 4 is 5.97 Å². The van der Waals surface area contributed by atoms with Crippen molar-refractivity contribution < 1.29 is 19.4 Å². The van der Waals surface area contributed by atoms with Crippen LogP contribution in [0.3, 0.4) is 0 Å². The molecule has 16 heavy (non-hydrogen) atoms. The second-order valence-electron chi connectivity index (χ2n) is 3.34. The number of hydrogen-bond acceptors (Lipinski definition) is 3. The van der Waals surface area contributed by atoms with Gasteiger partial charge in [0, 0.05) is 13.0 Å². The summed E-state index contributed by atoms with van der Waals surface area (Å²) in [7, 11) is 1.58. The Balaban J connectivity index is 2.72. The van der Waals surface area contributed by atoms with Gasteiger partial charge in [-0.15, -0.1) is 0 Å². The Morgan fingerprint density at radius 2 is 2.25 bits per heavy atom. The molecule has 0 amide bonds. The molecule has 1 rings (SSSR count). The van der Waals surface area contributed by atoms with E-state index in [1.807, 2.05) is 24.3 Å². The largest absolute Gasteiger partial charge is 0.497 e. The molecule has 0 bridgehead atoms. The molecule has 1 aromatic rings. The third-order valence-electron chi connectivity index (χ3n) is 2.20. The Bertz CT molecular complexity index is 349.